The molecule has 0 spiro atoms. The monoisotopic (exact) mass is 428 g/mol. The van der Waals surface area contributed by atoms with Crippen LogP contribution in [0.25, 0.3) is 6.08 Å². The second kappa shape index (κ2) is 10.3. The van der Waals surface area contributed by atoms with Crippen LogP contribution >= 0.6 is 0 Å². The van der Waals surface area contributed by atoms with Crippen molar-refractivity contribution >= 4 is 22.1 Å². The smallest absolute Gasteiger partial charge is 0.331 e. The van der Waals surface area contributed by atoms with E-state index in [2.05, 4.69) is 4.72 Å². The lowest BCUT2D eigenvalue weighted by atomic mass is 9.91. The zero-order valence-corrected chi connectivity index (χ0v) is 17.7. The van der Waals surface area contributed by atoms with E-state index in [-0.39, 0.29) is 5.75 Å². The topological polar surface area (TPSA) is 86.7 Å². The number of rotatable bonds is 7. The van der Waals surface area contributed by atoms with E-state index in [0.717, 1.165) is 43.1 Å². The molecule has 0 aliphatic carbocycles. The summed E-state index contributed by atoms with van der Waals surface area (Å²) in [5.41, 5.74) is 1.96. The van der Waals surface area contributed by atoms with Gasteiger partial charge in [-0.2, -0.15) is 0 Å². The quantitative estimate of drug-likeness (QED) is 0.694. The number of benzene rings is 2. The first-order valence-corrected chi connectivity index (χ1v) is 11.8. The van der Waals surface area contributed by atoms with Crippen LogP contribution in [0.5, 0.6) is 5.75 Å². The summed E-state index contributed by atoms with van der Waals surface area (Å²) in [4.78, 5) is 13.9. The molecule has 2 N–H and O–H groups in total. The first-order chi connectivity index (χ1) is 14.4. The lowest BCUT2D eigenvalue weighted by molar-refractivity contribution is 0.172. The van der Waals surface area contributed by atoms with Crippen LogP contribution in [0.4, 0.5) is 4.79 Å². The highest BCUT2D eigenvalue weighted by Gasteiger charge is 2.24. The highest BCUT2D eigenvalue weighted by molar-refractivity contribution is 7.93. The van der Waals surface area contributed by atoms with Crippen molar-refractivity contribution in [3.05, 3.63) is 71.1 Å². The van der Waals surface area contributed by atoms with Crippen molar-refractivity contribution < 1.29 is 18.3 Å². The van der Waals surface area contributed by atoms with Gasteiger partial charge in [0.05, 0.1) is 5.41 Å². The highest BCUT2D eigenvalue weighted by Crippen LogP contribution is 2.23. The lowest BCUT2D eigenvalue weighted by Gasteiger charge is -2.31. The van der Waals surface area contributed by atoms with Gasteiger partial charge in [-0.05, 0) is 67.4 Å². The summed E-state index contributed by atoms with van der Waals surface area (Å²) >= 11 is 0. The van der Waals surface area contributed by atoms with Crippen molar-refractivity contribution in [1.29, 1.82) is 0 Å². The van der Waals surface area contributed by atoms with Crippen molar-refractivity contribution in [3.8, 4) is 5.75 Å². The van der Waals surface area contributed by atoms with Crippen molar-refractivity contribution in [1.82, 2.24) is 9.62 Å². The molecule has 0 bridgehead atoms. The fourth-order valence-corrected chi connectivity index (χ4v) is 4.41. The number of hydrogen-bond donors (Lipinski definition) is 2. The van der Waals surface area contributed by atoms with Crippen molar-refractivity contribution in [2.75, 3.05) is 13.1 Å². The van der Waals surface area contributed by atoms with E-state index < -0.39 is 16.1 Å². The van der Waals surface area contributed by atoms with Gasteiger partial charge in [0.15, 0.2) is 0 Å². The molecule has 1 saturated heterocycles. The fraction of sp³-hybridized carbons (Fsp3) is 0.348. The third-order valence-corrected chi connectivity index (χ3v) is 6.34. The van der Waals surface area contributed by atoms with Gasteiger partial charge >= 0.3 is 6.03 Å². The fourth-order valence-electron chi connectivity index (χ4n) is 3.63. The number of hydrogen-bond acceptors (Lipinski definition) is 4. The second-order valence-electron chi connectivity index (χ2n) is 7.65. The highest BCUT2D eigenvalue weighted by atomic mass is 32.2. The minimum atomic E-state index is -3.83. The average Bonchev–Trinajstić information content (AvgIpc) is 2.75. The molecule has 1 aliphatic heterocycles. The van der Waals surface area contributed by atoms with Gasteiger partial charge < -0.3 is 10.0 Å². The molecule has 2 amide bonds. The maximum absolute atomic E-state index is 12.3. The summed E-state index contributed by atoms with van der Waals surface area (Å²) in [5.74, 6) is 0.822. The molecule has 0 radical (unpaired) electrons. The largest absolute Gasteiger partial charge is 0.508 e. The lowest BCUT2D eigenvalue weighted by Crippen LogP contribution is -2.45. The number of aromatic hydroxyl groups is 1. The van der Waals surface area contributed by atoms with Gasteiger partial charge in [-0.3, -0.25) is 0 Å². The average molecular weight is 429 g/mol. The zero-order chi connectivity index (χ0) is 21.4. The Kier molecular flexibility index (Phi) is 7.52. The molecule has 7 heteroatoms. The van der Waals surface area contributed by atoms with Crippen molar-refractivity contribution in [2.45, 2.75) is 32.1 Å². The number of likely N-dealkylation sites (tertiary alicyclic amines) is 1. The Morgan fingerprint density at radius 3 is 2.40 bits per heavy atom. The molecule has 30 heavy (non-hydrogen) atoms. The molecule has 2 aromatic rings. The number of sulfonamides is 1. The number of carbonyl (C=O) groups is 1. The molecule has 1 aliphatic rings. The van der Waals surface area contributed by atoms with Crippen LogP contribution in [0, 0.1) is 5.92 Å². The first-order valence-electron chi connectivity index (χ1n) is 10.2. The van der Waals surface area contributed by atoms with Gasteiger partial charge in [-0.15, -0.1) is 0 Å². The Hall–Kier alpha value is -2.80. The molecule has 0 aromatic heterocycles. The van der Waals surface area contributed by atoms with Crippen LogP contribution in [0.15, 0.2) is 60.0 Å². The van der Waals surface area contributed by atoms with Crippen LogP contribution in [0.1, 0.15) is 36.8 Å². The molecular formula is C23H28N2O4S. The summed E-state index contributed by atoms with van der Waals surface area (Å²) in [6.45, 7) is 1.13. The Morgan fingerprint density at radius 2 is 1.73 bits per heavy atom. The van der Waals surface area contributed by atoms with Gasteiger partial charge in [0.1, 0.15) is 5.75 Å². The Bertz CT molecular complexity index is 948. The van der Waals surface area contributed by atoms with E-state index in [1.54, 1.807) is 29.2 Å². The molecule has 1 heterocycles. The molecule has 3 rings (SSSR count). The Morgan fingerprint density at radius 1 is 1.07 bits per heavy atom. The molecule has 1 fully saturated rings. The predicted octanol–water partition coefficient (Wildman–Crippen LogP) is 4.14. The van der Waals surface area contributed by atoms with Crippen LogP contribution in [0.2, 0.25) is 0 Å². The van der Waals surface area contributed by atoms with E-state index in [0.29, 0.717) is 19.0 Å². The Labute approximate surface area is 178 Å². The maximum atomic E-state index is 12.3. The number of urea groups is 1. The van der Waals surface area contributed by atoms with E-state index >= 15 is 0 Å². The van der Waals surface area contributed by atoms with Crippen LogP contribution in [-0.2, 0) is 16.4 Å². The molecule has 160 valence electrons. The predicted molar refractivity (Wildman–Crippen MR) is 118 cm³/mol. The first kappa shape index (κ1) is 21.9. The second-order valence-corrected chi connectivity index (χ2v) is 9.22. The van der Waals surface area contributed by atoms with E-state index in [1.165, 1.54) is 11.6 Å². The van der Waals surface area contributed by atoms with Crippen molar-refractivity contribution in [2.24, 2.45) is 5.92 Å². The number of aryl methyl sites for hydroxylation is 1. The molecule has 0 atom stereocenters. The SMILES string of the molecule is O=C(NS(=O)(=O)C=Cc1ccccc1)N1CCC(CCCc2ccc(O)cc2)CC1. The summed E-state index contributed by atoms with van der Waals surface area (Å²) in [6, 6.07) is 15.8. The third kappa shape index (κ3) is 6.91. The number of piperidine rings is 1. The molecule has 0 saturated carbocycles. The van der Waals surface area contributed by atoms with Gasteiger partial charge in [0, 0.05) is 13.1 Å². The summed E-state index contributed by atoms with van der Waals surface area (Å²) < 4.78 is 26.4. The summed E-state index contributed by atoms with van der Waals surface area (Å²) in [6.07, 6.45) is 6.32. The molecule has 0 unspecified atom stereocenters. The molecular weight excluding hydrogens is 400 g/mol. The molecule has 6 nitrogen and oxygen atoms in total. The van der Waals surface area contributed by atoms with Crippen LogP contribution in [-0.4, -0.2) is 37.5 Å². The summed E-state index contributed by atoms with van der Waals surface area (Å²) in [5, 5.41) is 10.4. The molecule has 2 aromatic carbocycles. The maximum Gasteiger partial charge on any atom is 0.331 e. The zero-order valence-electron chi connectivity index (χ0n) is 16.9. The van der Waals surface area contributed by atoms with Gasteiger partial charge in [0.25, 0.3) is 10.0 Å². The van der Waals surface area contributed by atoms with E-state index in [1.807, 2.05) is 30.3 Å². The Balaban J connectivity index is 1.40. The van der Waals surface area contributed by atoms with Crippen LogP contribution in [0.3, 0.4) is 0 Å². The number of carbonyl (C=O) groups excluding carboxylic acids is 1. The number of phenolic OH excluding ortho intramolecular Hbond substituents is 1. The van der Waals surface area contributed by atoms with E-state index in [4.69, 9.17) is 0 Å². The standard InChI is InChI=1S/C23H28N2O4S/c26-22-11-9-20(10-12-22)7-4-8-21-13-16-25(17-14-21)23(27)24-30(28,29)18-15-19-5-2-1-3-6-19/h1-3,5-6,9-12,15,18,21,26H,4,7-8,13-14,16-17H2,(H,24,27). The van der Waals surface area contributed by atoms with Crippen molar-refractivity contribution in [3.63, 3.8) is 0 Å². The third-order valence-electron chi connectivity index (χ3n) is 5.38. The number of nitrogens with one attached hydrogen (secondary N) is 1. The van der Waals surface area contributed by atoms with Gasteiger partial charge in [-0.25, -0.2) is 17.9 Å². The van der Waals surface area contributed by atoms with Gasteiger partial charge in [0.2, 0.25) is 0 Å². The number of nitrogens with zero attached hydrogens (tertiary/aromatic N) is 1. The van der Waals surface area contributed by atoms with Crippen LogP contribution < -0.4 is 4.72 Å². The number of phenols is 1. The van der Waals surface area contributed by atoms with E-state index in [9.17, 15) is 18.3 Å². The minimum absolute atomic E-state index is 0.280. The summed E-state index contributed by atoms with van der Waals surface area (Å²) in [7, 11) is -3.83. The number of amides is 2. The minimum Gasteiger partial charge on any atom is -0.508 e. The normalized spacial score (nSPS) is 15.4. The van der Waals surface area contributed by atoms with Gasteiger partial charge in [-0.1, -0.05) is 42.5 Å².